The Labute approximate surface area is 268 Å². The van der Waals surface area contributed by atoms with Gasteiger partial charge in [0.25, 0.3) is 0 Å². The Morgan fingerprint density at radius 1 is 0.422 bits per heavy atom. The van der Waals surface area contributed by atoms with Crippen LogP contribution < -0.4 is 20.7 Å². The highest BCUT2D eigenvalue weighted by atomic mass is 32.2. The summed E-state index contributed by atoms with van der Waals surface area (Å²) in [5.41, 5.74) is 6.25. The van der Waals surface area contributed by atoms with Crippen LogP contribution in [0.5, 0.6) is 0 Å². The molecule has 1 unspecified atom stereocenters. The minimum atomic E-state index is -2.75. The molecule has 1 aliphatic heterocycles. The molecule has 0 bridgehead atoms. The first kappa shape index (κ1) is 26.3. The van der Waals surface area contributed by atoms with E-state index in [2.05, 4.69) is 180 Å². The fraction of sp³-hybridized carbons (Fsp3) is 0. The summed E-state index contributed by atoms with van der Waals surface area (Å²) < 4.78 is 2.42. The molecular formula is C42H29NSSi. The van der Waals surface area contributed by atoms with Crippen LogP contribution in [-0.4, -0.2) is 12.6 Å². The van der Waals surface area contributed by atoms with Gasteiger partial charge in [-0.05, 0) is 68.3 Å². The van der Waals surface area contributed by atoms with Crippen LogP contribution in [0.25, 0.3) is 38.6 Å². The number of benzene rings is 7. The third-order valence-electron chi connectivity index (χ3n) is 9.34. The van der Waals surface area contributed by atoms with Crippen molar-refractivity contribution in [1.29, 1.82) is 0 Å². The third kappa shape index (κ3) is 3.94. The molecule has 2 heterocycles. The summed E-state index contributed by atoms with van der Waals surface area (Å²) in [5.74, 6) is 0. The fourth-order valence-electron chi connectivity index (χ4n) is 7.50. The molecule has 1 nitrogen and oxygen atoms in total. The number of nitrogens with zero attached hydrogens (tertiary/aromatic N) is 1. The number of hydrogen-bond donors (Lipinski definition) is 0. The van der Waals surface area contributed by atoms with E-state index in [-0.39, 0.29) is 0 Å². The van der Waals surface area contributed by atoms with Gasteiger partial charge in [0.2, 0.25) is 0 Å². The SMILES string of the molecule is c1ccc(-c2cccc3c2[Si](c2ccccc2)(c2ccc(-n4c5ccccc5c5ccccc54)cc2)c2ccccc2S3)cc1. The molecule has 0 aliphatic carbocycles. The molecule has 0 saturated heterocycles. The van der Waals surface area contributed by atoms with Crippen LogP contribution >= 0.6 is 11.8 Å². The van der Waals surface area contributed by atoms with E-state index < -0.39 is 8.07 Å². The maximum Gasteiger partial charge on any atom is 0.182 e. The topological polar surface area (TPSA) is 4.93 Å². The summed E-state index contributed by atoms with van der Waals surface area (Å²) in [6.45, 7) is 0. The van der Waals surface area contributed by atoms with E-state index in [0.717, 1.165) is 0 Å². The highest BCUT2D eigenvalue weighted by molar-refractivity contribution is 8.00. The standard InChI is InChI=1S/C42H29NSSi/c1-3-14-30(15-4-1)34-20-13-24-40-42(34)45(32-16-5-2-6-17-32,41-25-12-11-23-39(41)44-40)33-28-26-31(27-29-33)43-37-21-9-7-18-35(37)36-19-8-10-22-38(36)43/h1-29H. The van der Waals surface area contributed by atoms with Gasteiger partial charge in [-0.25, -0.2) is 0 Å². The van der Waals surface area contributed by atoms with Gasteiger partial charge in [-0.15, -0.1) is 0 Å². The van der Waals surface area contributed by atoms with Crippen LogP contribution in [0, 0.1) is 0 Å². The molecule has 9 rings (SSSR count). The first-order valence-electron chi connectivity index (χ1n) is 15.4. The Bertz CT molecular complexity index is 2290. The van der Waals surface area contributed by atoms with Crippen molar-refractivity contribution in [3.05, 3.63) is 176 Å². The van der Waals surface area contributed by atoms with Crippen LogP contribution in [0.3, 0.4) is 0 Å². The van der Waals surface area contributed by atoms with Gasteiger partial charge >= 0.3 is 0 Å². The number of para-hydroxylation sites is 2. The lowest BCUT2D eigenvalue weighted by Gasteiger charge is -2.41. The smallest absolute Gasteiger partial charge is 0.182 e. The molecule has 0 amide bonds. The second kappa shape index (κ2) is 10.5. The van der Waals surface area contributed by atoms with Crippen LogP contribution in [0.4, 0.5) is 0 Å². The van der Waals surface area contributed by atoms with E-state index in [1.807, 2.05) is 11.8 Å². The normalized spacial score (nSPS) is 15.6. The van der Waals surface area contributed by atoms with Gasteiger partial charge in [0.1, 0.15) is 0 Å². The van der Waals surface area contributed by atoms with Gasteiger partial charge in [0.15, 0.2) is 8.07 Å². The third-order valence-corrected chi connectivity index (χ3v) is 15.8. The second-order valence-electron chi connectivity index (χ2n) is 11.7. The Hall–Kier alpha value is -5.09. The fourth-order valence-corrected chi connectivity index (χ4v) is 14.7. The molecule has 0 fully saturated rings. The Morgan fingerprint density at radius 3 is 1.69 bits per heavy atom. The average Bonchev–Trinajstić information content (AvgIpc) is 3.46. The predicted molar refractivity (Wildman–Crippen MR) is 194 cm³/mol. The maximum absolute atomic E-state index is 2.75. The maximum atomic E-state index is 2.43. The number of hydrogen-bond acceptors (Lipinski definition) is 1. The first-order valence-corrected chi connectivity index (χ1v) is 18.3. The average molecular weight is 608 g/mol. The summed E-state index contributed by atoms with van der Waals surface area (Å²) in [5, 5.41) is 8.32. The molecule has 1 aliphatic rings. The monoisotopic (exact) mass is 607 g/mol. The van der Waals surface area contributed by atoms with Crippen LogP contribution in [0.15, 0.2) is 186 Å². The zero-order valence-electron chi connectivity index (χ0n) is 24.6. The Morgan fingerprint density at radius 2 is 0.978 bits per heavy atom. The minimum Gasteiger partial charge on any atom is -0.309 e. The first-order chi connectivity index (χ1) is 22.3. The predicted octanol–water partition coefficient (Wildman–Crippen LogP) is 8.29. The van der Waals surface area contributed by atoms with Crippen molar-refractivity contribution in [2.75, 3.05) is 0 Å². The van der Waals surface area contributed by atoms with Crippen molar-refractivity contribution in [2.45, 2.75) is 9.79 Å². The molecule has 7 aromatic carbocycles. The minimum absolute atomic E-state index is 1.18. The van der Waals surface area contributed by atoms with Crippen LogP contribution in [0.2, 0.25) is 0 Å². The lowest BCUT2D eigenvalue weighted by molar-refractivity contribution is 1.18. The molecule has 8 aromatic rings. The number of rotatable bonds is 4. The highest BCUT2D eigenvalue weighted by Gasteiger charge is 2.48. The van der Waals surface area contributed by atoms with Crippen molar-refractivity contribution in [3.8, 4) is 16.8 Å². The van der Waals surface area contributed by atoms with Gasteiger partial charge in [-0.1, -0.05) is 151 Å². The molecule has 1 aromatic heterocycles. The quantitative estimate of drug-likeness (QED) is 0.182. The molecule has 1 atom stereocenters. The Balaban J connectivity index is 1.36. The molecule has 0 radical (unpaired) electrons. The van der Waals surface area contributed by atoms with Gasteiger partial charge in [-0.3, -0.25) is 0 Å². The Kier molecular flexibility index (Phi) is 6.15. The lowest BCUT2D eigenvalue weighted by atomic mass is 10.1. The molecule has 212 valence electrons. The van der Waals surface area contributed by atoms with E-state index in [1.165, 1.54) is 69.2 Å². The van der Waals surface area contributed by atoms with Crippen molar-refractivity contribution in [2.24, 2.45) is 0 Å². The largest absolute Gasteiger partial charge is 0.309 e. The number of fused-ring (bicyclic) bond motifs is 5. The van der Waals surface area contributed by atoms with Gasteiger partial charge in [0, 0.05) is 26.3 Å². The van der Waals surface area contributed by atoms with E-state index in [4.69, 9.17) is 0 Å². The van der Waals surface area contributed by atoms with Gasteiger partial charge in [-0.2, -0.15) is 0 Å². The zero-order valence-corrected chi connectivity index (χ0v) is 26.4. The van der Waals surface area contributed by atoms with E-state index in [9.17, 15) is 0 Å². The molecule has 0 spiro atoms. The van der Waals surface area contributed by atoms with Crippen molar-refractivity contribution in [3.63, 3.8) is 0 Å². The summed E-state index contributed by atoms with van der Waals surface area (Å²) in [4.78, 5) is 2.72. The highest BCUT2D eigenvalue weighted by Crippen LogP contribution is 2.37. The van der Waals surface area contributed by atoms with Gasteiger partial charge in [0.05, 0.1) is 11.0 Å². The molecule has 0 saturated carbocycles. The summed E-state index contributed by atoms with van der Waals surface area (Å²) in [6.07, 6.45) is 0. The molecule has 0 N–H and O–H groups in total. The second-order valence-corrected chi connectivity index (χ2v) is 16.5. The number of aromatic nitrogens is 1. The summed E-state index contributed by atoms with van der Waals surface area (Å²) >= 11 is 1.92. The van der Waals surface area contributed by atoms with Crippen LogP contribution in [0.1, 0.15) is 0 Å². The zero-order chi connectivity index (χ0) is 29.8. The van der Waals surface area contributed by atoms with E-state index >= 15 is 0 Å². The van der Waals surface area contributed by atoms with E-state index in [0.29, 0.717) is 0 Å². The van der Waals surface area contributed by atoms with Crippen LogP contribution in [-0.2, 0) is 0 Å². The molecule has 45 heavy (non-hydrogen) atoms. The molecular weight excluding hydrogens is 579 g/mol. The summed E-state index contributed by atoms with van der Waals surface area (Å²) in [6, 6.07) is 65.3. The molecule has 3 heteroatoms. The van der Waals surface area contributed by atoms with E-state index in [1.54, 1.807) is 0 Å². The van der Waals surface area contributed by atoms with Crippen molar-refractivity contribution in [1.82, 2.24) is 4.57 Å². The lowest BCUT2D eigenvalue weighted by Crippen LogP contribution is -2.76. The summed E-state index contributed by atoms with van der Waals surface area (Å²) in [7, 11) is -2.75. The van der Waals surface area contributed by atoms with Crippen molar-refractivity contribution < 1.29 is 0 Å². The van der Waals surface area contributed by atoms with Gasteiger partial charge < -0.3 is 4.57 Å². The van der Waals surface area contributed by atoms with Crippen molar-refractivity contribution >= 4 is 62.4 Å².